The number of carboxylic acids is 1. The van der Waals surface area contributed by atoms with Crippen molar-refractivity contribution in [3.8, 4) is 10.7 Å². The number of nitrogens with zero attached hydrogens (tertiary/aromatic N) is 2. The molecule has 17 heavy (non-hydrogen) atoms. The molecule has 0 aromatic carbocycles. The summed E-state index contributed by atoms with van der Waals surface area (Å²) in [4.78, 5) is 19.9. The molecule has 2 rings (SSSR count). The fraction of sp³-hybridized carbons (Fsp3) is 0.250. The lowest BCUT2D eigenvalue weighted by atomic mass is 10.2. The molecule has 0 saturated carbocycles. The Labute approximate surface area is 103 Å². The summed E-state index contributed by atoms with van der Waals surface area (Å²) < 4.78 is 0. The minimum Gasteiger partial charge on any atom is -0.477 e. The Morgan fingerprint density at radius 3 is 2.82 bits per heavy atom. The molecule has 0 spiro atoms. The third kappa shape index (κ3) is 2.34. The van der Waals surface area contributed by atoms with E-state index in [2.05, 4.69) is 9.97 Å². The van der Waals surface area contributed by atoms with Crippen molar-refractivity contribution in [3.63, 3.8) is 0 Å². The van der Waals surface area contributed by atoms with Crippen LogP contribution in [0.15, 0.2) is 18.3 Å². The highest BCUT2D eigenvalue weighted by atomic mass is 32.1. The SMILES string of the molecule is CCc1nc(-c2cc(C)ccn2)sc1C(=O)O. The Balaban J connectivity index is 2.50. The average molecular weight is 248 g/mol. The maximum absolute atomic E-state index is 11.0. The summed E-state index contributed by atoms with van der Waals surface area (Å²) in [5.41, 5.74) is 2.44. The second kappa shape index (κ2) is 4.63. The van der Waals surface area contributed by atoms with Gasteiger partial charge in [0.05, 0.1) is 11.4 Å². The van der Waals surface area contributed by atoms with Crippen LogP contribution in [0.4, 0.5) is 0 Å². The van der Waals surface area contributed by atoms with Crippen molar-refractivity contribution in [1.82, 2.24) is 9.97 Å². The second-order valence-corrected chi connectivity index (χ2v) is 4.67. The van der Waals surface area contributed by atoms with E-state index in [9.17, 15) is 4.79 Å². The monoisotopic (exact) mass is 248 g/mol. The molecule has 0 fully saturated rings. The van der Waals surface area contributed by atoms with E-state index in [1.165, 1.54) is 11.3 Å². The molecule has 88 valence electrons. The first-order valence-corrected chi connectivity index (χ1v) is 6.09. The Kier molecular flexibility index (Phi) is 3.19. The van der Waals surface area contributed by atoms with E-state index < -0.39 is 5.97 Å². The lowest BCUT2D eigenvalue weighted by Gasteiger charge is -1.95. The zero-order valence-corrected chi connectivity index (χ0v) is 10.4. The number of aromatic carboxylic acids is 1. The highest BCUT2D eigenvalue weighted by molar-refractivity contribution is 7.17. The Bertz CT molecular complexity index is 563. The minimum absolute atomic E-state index is 0.311. The number of carboxylic acid groups (broad SMARTS) is 1. The van der Waals surface area contributed by atoms with Gasteiger partial charge in [-0.1, -0.05) is 6.92 Å². The summed E-state index contributed by atoms with van der Waals surface area (Å²) in [7, 11) is 0. The second-order valence-electron chi connectivity index (χ2n) is 3.67. The van der Waals surface area contributed by atoms with Crippen LogP contribution in [0.2, 0.25) is 0 Å². The maximum atomic E-state index is 11.0. The molecule has 0 atom stereocenters. The summed E-state index contributed by atoms with van der Waals surface area (Å²) in [5, 5.41) is 9.73. The van der Waals surface area contributed by atoms with Gasteiger partial charge in [0.1, 0.15) is 9.88 Å². The van der Waals surface area contributed by atoms with Crippen LogP contribution in [0.5, 0.6) is 0 Å². The van der Waals surface area contributed by atoms with Gasteiger partial charge in [0.15, 0.2) is 0 Å². The predicted octanol–water partition coefficient (Wildman–Crippen LogP) is 2.77. The predicted molar refractivity (Wildman–Crippen MR) is 66.4 cm³/mol. The molecule has 1 N–H and O–H groups in total. The zero-order chi connectivity index (χ0) is 12.4. The van der Waals surface area contributed by atoms with Gasteiger partial charge in [-0.3, -0.25) is 4.98 Å². The van der Waals surface area contributed by atoms with Gasteiger partial charge in [-0.05, 0) is 31.0 Å². The first-order chi connectivity index (χ1) is 8.11. The number of rotatable bonds is 3. The number of thiazole rings is 1. The third-order valence-corrected chi connectivity index (χ3v) is 3.47. The zero-order valence-electron chi connectivity index (χ0n) is 9.60. The molecule has 2 aromatic heterocycles. The summed E-state index contributed by atoms with van der Waals surface area (Å²) in [5.74, 6) is -0.918. The molecular weight excluding hydrogens is 236 g/mol. The van der Waals surface area contributed by atoms with Gasteiger partial charge < -0.3 is 5.11 Å². The largest absolute Gasteiger partial charge is 0.477 e. The van der Waals surface area contributed by atoms with E-state index >= 15 is 0 Å². The maximum Gasteiger partial charge on any atom is 0.347 e. The van der Waals surface area contributed by atoms with Gasteiger partial charge in [-0.15, -0.1) is 11.3 Å². The van der Waals surface area contributed by atoms with Crippen LogP contribution in [-0.2, 0) is 6.42 Å². The number of aryl methyl sites for hydroxylation is 2. The molecule has 0 amide bonds. The first-order valence-electron chi connectivity index (χ1n) is 5.28. The topological polar surface area (TPSA) is 63.1 Å². The molecule has 0 aliphatic rings. The van der Waals surface area contributed by atoms with Crippen molar-refractivity contribution in [3.05, 3.63) is 34.5 Å². The molecule has 0 aliphatic heterocycles. The van der Waals surface area contributed by atoms with Crippen molar-refractivity contribution < 1.29 is 9.90 Å². The first kappa shape index (κ1) is 11.7. The van der Waals surface area contributed by atoms with Crippen LogP contribution in [-0.4, -0.2) is 21.0 Å². The van der Waals surface area contributed by atoms with E-state index in [4.69, 9.17) is 5.11 Å². The smallest absolute Gasteiger partial charge is 0.347 e. The van der Waals surface area contributed by atoms with Crippen LogP contribution in [0.1, 0.15) is 27.9 Å². The summed E-state index contributed by atoms with van der Waals surface area (Å²) in [6.07, 6.45) is 2.32. The number of hydrogen-bond acceptors (Lipinski definition) is 4. The van der Waals surface area contributed by atoms with Crippen LogP contribution < -0.4 is 0 Å². The summed E-state index contributed by atoms with van der Waals surface area (Å²) in [6, 6.07) is 3.81. The van der Waals surface area contributed by atoms with Crippen LogP contribution in [0, 0.1) is 6.92 Å². The van der Waals surface area contributed by atoms with Gasteiger partial charge in [-0.25, -0.2) is 9.78 Å². The van der Waals surface area contributed by atoms with Gasteiger partial charge >= 0.3 is 5.97 Å². The van der Waals surface area contributed by atoms with E-state index in [1.807, 2.05) is 26.0 Å². The van der Waals surface area contributed by atoms with E-state index in [0.717, 1.165) is 11.3 Å². The molecule has 0 radical (unpaired) electrons. The van der Waals surface area contributed by atoms with Crippen LogP contribution in [0.3, 0.4) is 0 Å². The lowest BCUT2D eigenvalue weighted by Crippen LogP contribution is -1.97. The van der Waals surface area contributed by atoms with E-state index in [-0.39, 0.29) is 0 Å². The van der Waals surface area contributed by atoms with Crippen molar-refractivity contribution in [2.24, 2.45) is 0 Å². The number of hydrogen-bond donors (Lipinski definition) is 1. The highest BCUT2D eigenvalue weighted by Gasteiger charge is 2.17. The quantitative estimate of drug-likeness (QED) is 0.907. The van der Waals surface area contributed by atoms with E-state index in [0.29, 0.717) is 22.0 Å². The van der Waals surface area contributed by atoms with Gasteiger partial charge in [-0.2, -0.15) is 0 Å². The van der Waals surface area contributed by atoms with Crippen molar-refractivity contribution in [2.45, 2.75) is 20.3 Å². The summed E-state index contributed by atoms with van der Waals surface area (Å²) >= 11 is 1.18. The normalized spacial score (nSPS) is 10.5. The molecule has 4 nitrogen and oxygen atoms in total. The number of pyridine rings is 1. The van der Waals surface area contributed by atoms with Gasteiger partial charge in [0.25, 0.3) is 0 Å². The van der Waals surface area contributed by atoms with Crippen molar-refractivity contribution >= 4 is 17.3 Å². The Morgan fingerprint density at radius 2 is 2.29 bits per heavy atom. The minimum atomic E-state index is -0.918. The van der Waals surface area contributed by atoms with Crippen molar-refractivity contribution in [2.75, 3.05) is 0 Å². The van der Waals surface area contributed by atoms with E-state index in [1.54, 1.807) is 6.20 Å². The van der Waals surface area contributed by atoms with Crippen LogP contribution in [0.25, 0.3) is 10.7 Å². The summed E-state index contributed by atoms with van der Waals surface area (Å²) in [6.45, 7) is 3.87. The van der Waals surface area contributed by atoms with Gasteiger partial charge in [0.2, 0.25) is 0 Å². The molecule has 0 saturated heterocycles. The van der Waals surface area contributed by atoms with Gasteiger partial charge in [0, 0.05) is 6.20 Å². The number of aromatic nitrogens is 2. The Morgan fingerprint density at radius 1 is 1.53 bits per heavy atom. The fourth-order valence-corrected chi connectivity index (χ4v) is 2.48. The third-order valence-electron chi connectivity index (χ3n) is 2.36. The van der Waals surface area contributed by atoms with Crippen LogP contribution >= 0.6 is 11.3 Å². The molecule has 5 heteroatoms. The van der Waals surface area contributed by atoms with Crippen molar-refractivity contribution in [1.29, 1.82) is 0 Å². The number of carbonyl (C=O) groups is 1. The average Bonchev–Trinajstić information content (AvgIpc) is 2.73. The molecular formula is C12H12N2O2S. The molecule has 2 heterocycles. The standard InChI is InChI=1S/C12H12N2O2S/c1-3-8-10(12(15)16)17-11(14-8)9-6-7(2)4-5-13-9/h4-6H,3H2,1-2H3,(H,15,16). The highest BCUT2D eigenvalue weighted by Crippen LogP contribution is 2.27. The Hall–Kier alpha value is -1.75. The molecule has 0 bridgehead atoms. The lowest BCUT2D eigenvalue weighted by molar-refractivity contribution is 0.0701. The molecule has 0 aliphatic carbocycles. The fourth-order valence-electron chi connectivity index (χ4n) is 1.52. The molecule has 0 unspecified atom stereocenters. The molecule has 2 aromatic rings.